The van der Waals surface area contributed by atoms with Crippen LogP contribution in [0.3, 0.4) is 0 Å². The third kappa shape index (κ3) is 6.65. The minimum Gasteiger partial charge on any atom is -0.355 e. The van der Waals surface area contributed by atoms with E-state index in [0.717, 1.165) is 44.6 Å². The van der Waals surface area contributed by atoms with Gasteiger partial charge in [-0.25, -0.2) is 4.98 Å². The first-order valence-corrected chi connectivity index (χ1v) is 11.9. The summed E-state index contributed by atoms with van der Waals surface area (Å²) in [6.45, 7) is 3.60. The molecule has 1 N–H and O–H groups in total. The Balaban J connectivity index is 1.25. The first kappa shape index (κ1) is 23.4. The van der Waals surface area contributed by atoms with Gasteiger partial charge in [-0.3, -0.25) is 9.69 Å². The monoisotopic (exact) mass is 473 g/mol. The zero-order chi connectivity index (χ0) is 23.3. The smallest absolute Gasteiger partial charge is 0.355 e. The van der Waals surface area contributed by atoms with Crippen molar-refractivity contribution in [2.45, 2.75) is 32.0 Å². The van der Waals surface area contributed by atoms with Gasteiger partial charge in [-0.2, -0.15) is 13.2 Å². The zero-order valence-electron chi connectivity index (χ0n) is 18.1. The van der Waals surface area contributed by atoms with Crippen molar-refractivity contribution in [3.63, 3.8) is 0 Å². The van der Waals surface area contributed by atoms with Crippen molar-refractivity contribution < 1.29 is 18.0 Å². The van der Waals surface area contributed by atoms with Crippen LogP contribution in [0.1, 0.15) is 29.7 Å². The Hall–Kier alpha value is -2.71. The van der Waals surface area contributed by atoms with Crippen molar-refractivity contribution >= 4 is 17.2 Å². The zero-order valence-corrected chi connectivity index (χ0v) is 19.0. The molecule has 1 fully saturated rings. The molecule has 4 nitrogen and oxygen atoms in total. The Labute approximate surface area is 195 Å². The molecule has 1 atom stereocenters. The number of carbonyl (C=O) groups is 1. The molecule has 8 heteroatoms. The Morgan fingerprint density at radius 1 is 1.12 bits per heavy atom. The highest BCUT2D eigenvalue weighted by Gasteiger charge is 2.30. The number of piperidine rings is 1. The van der Waals surface area contributed by atoms with Crippen molar-refractivity contribution in [2.24, 2.45) is 5.92 Å². The van der Waals surface area contributed by atoms with E-state index < -0.39 is 11.7 Å². The molecule has 0 radical (unpaired) electrons. The fourth-order valence-corrected chi connectivity index (χ4v) is 4.94. The van der Waals surface area contributed by atoms with Crippen LogP contribution in [0, 0.1) is 5.92 Å². The molecule has 1 saturated heterocycles. The number of hydrogen-bond donors (Lipinski definition) is 1. The second kappa shape index (κ2) is 10.5. The highest BCUT2D eigenvalue weighted by molar-refractivity contribution is 7.13. The molecule has 4 rings (SSSR count). The summed E-state index contributed by atoms with van der Waals surface area (Å²) in [5.74, 6) is 0.337. The van der Waals surface area contributed by atoms with Gasteiger partial charge in [0.15, 0.2) is 0 Å². The molecule has 1 aromatic heterocycles. The Kier molecular flexibility index (Phi) is 7.45. The third-order valence-corrected chi connectivity index (χ3v) is 6.73. The summed E-state index contributed by atoms with van der Waals surface area (Å²) < 4.78 is 38.2. The van der Waals surface area contributed by atoms with Crippen molar-refractivity contribution in [1.82, 2.24) is 15.2 Å². The third-order valence-electron chi connectivity index (χ3n) is 5.79. The molecule has 2 heterocycles. The summed E-state index contributed by atoms with van der Waals surface area (Å²) in [5, 5.41) is 5.43. The Morgan fingerprint density at radius 2 is 1.88 bits per heavy atom. The molecule has 174 valence electrons. The standard InChI is InChI=1S/C25H26F3N3OS/c26-25(27,28)21-10-8-20(9-11-21)24-30-22(17-33-24)13-23(32)29-14-19-7-4-12-31(16-19)15-18-5-2-1-3-6-18/h1-3,5-6,8-11,17,19H,4,7,12-16H2,(H,29,32). The van der Waals surface area contributed by atoms with Gasteiger partial charge in [-0.05, 0) is 43.0 Å². The van der Waals surface area contributed by atoms with Gasteiger partial charge in [0.1, 0.15) is 5.01 Å². The predicted octanol–water partition coefficient (Wildman–Crippen LogP) is 5.40. The number of amides is 1. The van der Waals surface area contributed by atoms with Gasteiger partial charge in [0.25, 0.3) is 0 Å². The minimum absolute atomic E-state index is 0.0838. The number of nitrogens with one attached hydrogen (secondary N) is 1. The second-order valence-corrected chi connectivity index (χ2v) is 9.29. The molecule has 33 heavy (non-hydrogen) atoms. The molecular weight excluding hydrogens is 447 g/mol. The lowest BCUT2D eigenvalue weighted by Crippen LogP contribution is -2.40. The van der Waals surface area contributed by atoms with Crippen LogP contribution < -0.4 is 5.32 Å². The number of alkyl halides is 3. The van der Waals surface area contributed by atoms with Crippen LogP contribution in [0.2, 0.25) is 0 Å². The molecule has 0 spiro atoms. The number of aromatic nitrogens is 1. The Morgan fingerprint density at radius 3 is 2.61 bits per heavy atom. The molecule has 2 aromatic carbocycles. The van der Waals surface area contributed by atoms with Gasteiger partial charge in [0, 0.05) is 30.6 Å². The molecule has 3 aromatic rings. The fourth-order valence-electron chi connectivity index (χ4n) is 4.11. The van der Waals surface area contributed by atoms with Crippen LogP contribution in [-0.4, -0.2) is 35.4 Å². The Bertz CT molecular complexity index is 1050. The van der Waals surface area contributed by atoms with Gasteiger partial charge < -0.3 is 5.32 Å². The molecule has 1 aliphatic heterocycles. The molecule has 0 bridgehead atoms. The lowest BCUT2D eigenvalue weighted by atomic mass is 9.97. The SMILES string of the molecule is O=C(Cc1csc(-c2ccc(C(F)(F)F)cc2)n1)NCC1CCCN(Cc2ccccc2)C1. The first-order valence-electron chi connectivity index (χ1n) is 11.0. The van der Waals surface area contributed by atoms with Crippen LogP contribution in [0.5, 0.6) is 0 Å². The van der Waals surface area contributed by atoms with Gasteiger partial charge in [-0.1, -0.05) is 42.5 Å². The number of thiazole rings is 1. The fraction of sp³-hybridized carbons (Fsp3) is 0.360. The summed E-state index contributed by atoms with van der Waals surface area (Å²) >= 11 is 1.33. The molecule has 0 aliphatic carbocycles. The topological polar surface area (TPSA) is 45.2 Å². The van der Waals surface area contributed by atoms with Gasteiger partial charge >= 0.3 is 6.18 Å². The first-order chi connectivity index (χ1) is 15.9. The quantitative estimate of drug-likeness (QED) is 0.500. The van der Waals surface area contributed by atoms with Crippen LogP contribution >= 0.6 is 11.3 Å². The van der Waals surface area contributed by atoms with E-state index in [-0.39, 0.29) is 12.3 Å². The van der Waals surface area contributed by atoms with Crippen molar-refractivity contribution in [3.05, 3.63) is 76.8 Å². The van der Waals surface area contributed by atoms with E-state index in [2.05, 4.69) is 39.5 Å². The average molecular weight is 474 g/mol. The van der Waals surface area contributed by atoms with E-state index in [9.17, 15) is 18.0 Å². The summed E-state index contributed by atoms with van der Waals surface area (Å²) in [6, 6.07) is 15.3. The molecular formula is C25H26F3N3OS. The van der Waals surface area contributed by atoms with E-state index >= 15 is 0 Å². The van der Waals surface area contributed by atoms with E-state index in [4.69, 9.17) is 0 Å². The van der Waals surface area contributed by atoms with E-state index in [1.165, 1.54) is 29.0 Å². The summed E-state index contributed by atoms with van der Waals surface area (Å²) in [6.07, 6.45) is -1.98. The van der Waals surface area contributed by atoms with E-state index in [1.54, 1.807) is 5.38 Å². The molecule has 1 amide bonds. The average Bonchev–Trinajstić information content (AvgIpc) is 3.27. The molecule has 0 saturated carbocycles. The van der Waals surface area contributed by atoms with Crippen LogP contribution in [0.15, 0.2) is 60.0 Å². The van der Waals surface area contributed by atoms with E-state index in [1.807, 2.05) is 6.07 Å². The largest absolute Gasteiger partial charge is 0.416 e. The van der Waals surface area contributed by atoms with Gasteiger partial charge in [0.2, 0.25) is 5.91 Å². The van der Waals surface area contributed by atoms with Crippen LogP contribution in [0.25, 0.3) is 10.6 Å². The number of benzene rings is 2. The maximum atomic E-state index is 12.7. The summed E-state index contributed by atoms with van der Waals surface area (Å²) in [4.78, 5) is 19.3. The number of carbonyl (C=O) groups excluding carboxylic acids is 1. The second-order valence-electron chi connectivity index (χ2n) is 8.43. The van der Waals surface area contributed by atoms with Gasteiger partial charge in [0.05, 0.1) is 17.7 Å². The lowest BCUT2D eigenvalue weighted by Gasteiger charge is -2.32. The lowest BCUT2D eigenvalue weighted by molar-refractivity contribution is -0.137. The number of likely N-dealkylation sites (tertiary alicyclic amines) is 1. The predicted molar refractivity (Wildman–Crippen MR) is 124 cm³/mol. The van der Waals surface area contributed by atoms with Crippen LogP contribution in [-0.2, 0) is 23.9 Å². The summed E-state index contributed by atoms with van der Waals surface area (Å²) in [5.41, 5.74) is 1.85. The normalized spacial score (nSPS) is 17.1. The van der Waals surface area contributed by atoms with Crippen LogP contribution in [0.4, 0.5) is 13.2 Å². The molecule has 1 unspecified atom stereocenters. The van der Waals surface area contributed by atoms with Crippen molar-refractivity contribution in [2.75, 3.05) is 19.6 Å². The maximum Gasteiger partial charge on any atom is 0.416 e. The number of rotatable bonds is 7. The minimum atomic E-state index is -4.36. The number of halogens is 3. The van der Waals surface area contributed by atoms with Crippen molar-refractivity contribution in [1.29, 1.82) is 0 Å². The highest BCUT2D eigenvalue weighted by atomic mass is 32.1. The van der Waals surface area contributed by atoms with Gasteiger partial charge in [-0.15, -0.1) is 11.3 Å². The molecule has 1 aliphatic rings. The maximum absolute atomic E-state index is 12.7. The number of nitrogens with zero attached hydrogens (tertiary/aromatic N) is 2. The van der Waals surface area contributed by atoms with Crippen molar-refractivity contribution in [3.8, 4) is 10.6 Å². The highest BCUT2D eigenvalue weighted by Crippen LogP contribution is 2.31. The number of hydrogen-bond acceptors (Lipinski definition) is 4. The summed E-state index contributed by atoms with van der Waals surface area (Å²) in [7, 11) is 0. The van der Waals surface area contributed by atoms with E-state index in [0.29, 0.717) is 28.7 Å².